The molecule has 0 spiro atoms. The summed E-state index contributed by atoms with van der Waals surface area (Å²) in [4.78, 5) is 12.4. The van der Waals surface area contributed by atoms with E-state index >= 15 is 0 Å². The summed E-state index contributed by atoms with van der Waals surface area (Å²) in [6, 6.07) is 14.1. The van der Waals surface area contributed by atoms with Crippen molar-refractivity contribution in [2.75, 3.05) is 0 Å². The summed E-state index contributed by atoms with van der Waals surface area (Å²) in [5.41, 5.74) is 4.51. The van der Waals surface area contributed by atoms with Crippen LogP contribution in [0.2, 0.25) is 0 Å². The molecule has 2 aromatic rings. The van der Waals surface area contributed by atoms with Crippen LogP contribution in [-0.2, 0) is 0 Å². The summed E-state index contributed by atoms with van der Waals surface area (Å²) in [7, 11) is 0.206. The second-order valence-corrected chi connectivity index (χ2v) is 5.88. The molecule has 106 valence electrons. The Hall–Kier alpha value is -1.46. The highest BCUT2D eigenvalue weighted by molar-refractivity contribution is 7.66. The normalized spacial score (nSPS) is 10.2. The van der Waals surface area contributed by atoms with Crippen LogP contribution >= 0.6 is 8.58 Å². The molecule has 1 nitrogen and oxygen atoms in total. The molecule has 0 aromatic heterocycles. The van der Waals surface area contributed by atoms with Crippen molar-refractivity contribution in [2.24, 2.45) is 0 Å². The number of hydrogen-bond acceptors (Lipinski definition) is 1. The van der Waals surface area contributed by atoms with Crippen LogP contribution in [0.5, 0.6) is 0 Å². The van der Waals surface area contributed by atoms with E-state index in [0.717, 1.165) is 22.0 Å². The van der Waals surface area contributed by atoms with Crippen molar-refractivity contribution in [1.29, 1.82) is 0 Å². The molecule has 1 atom stereocenters. The van der Waals surface area contributed by atoms with Crippen LogP contribution in [0.15, 0.2) is 42.5 Å². The highest BCUT2D eigenvalue weighted by Gasteiger charge is 2.13. The Labute approximate surface area is 124 Å². The third kappa shape index (κ3) is 4.28. The van der Waals surface area contributed by atoms with Gasteiger partial charge in [-0.1, -0.05) is 61.9 Å². The van der Waals surface area contributed by atoms with Crippen molar-refractivity contribution in [2.45, 2.75) is 34.6 Å². The molecule has 0 saturated carbocycles. The Morgan fingerprint density at radius 3 is 1.90 bits per heavy atom. The number of carbonyl (C=O) groups is 1. The molecule has 0 N–H and O–H groups in total. The van der Waals surface area contributed by atoms with Gasteiger partial charge in [-0.2, -0.15) is 0 Å². The molecule has 0 bridgehead atoms. The molecule has 0 saturated heterocycles. The average Bonchev–Trinajstić information content (AvgIpc) is 2.41. The molecule has 2 rings (SSSR count). The van der Waals surface area contributed by atoms with E-state index in [1.807, 2.05) is 58.0 Å². The lowest BCUT2D eigenvalue weighted by atomic mass is 10.0. The van der Waals surface area contributed by atoms with Crippen molar-refractivity contribution in [3.8, 4) is 0 Å². The fourth-order valence-corrected chi connectivity index (χ4v) is 3.39. The molecule has 0 fully saturated rings. The average molecular weight is 286 g/mol. The first-order valence-corrected chi connectivity index (χ1v) is 8.02. The molecular formula is C18H23OP. The van der Waals surface area contributed by atoms with Crippen molar-refractivity contribution in [3.63, 3.8) is 0 Å². The van der Waals surface area contributed by atoms with Gasteiger partial charge in [-0.15, -0.1) is 0 Å². The van der Waals surface area contributed by atoms with Crippen LogP contribution in [0.1, 0.15) is 40.9 Å². The number of benzene rings is 2. The summed E-state index contributed by atoms with van der Waals surface area (Å²) in [6.07, 6.45) is 0. The molecule has 2 aromatic carbocycles. The first-order valence-electron chi connectivity index (χ1n) is 7.02. The maximum absolute atomic E-state index is 12.4. The molecule has 0 radical (unpaired) electrons. The zero-order valence-corrected chi connectivity index (χ0v) is 13.9. The standard InChI is InChI=1S/C16H17OP.C2H6/c1-11-9-12(2)15(13(3)10-11)16(17)18-14-7-5-4-6-8-14;1-2/h4-10,18H,1-3H3;1-2H3. The second-order valence-electron chi connectivity index (χ2n) is 4.59. The van der Waals surface area contributed by atoms with Gasteiger partial charge in [0.25, 0.3) is 0 Å². The van der Waals surface area contributed by atoms with E-state index in [-0.39, 0.29) is 14.1 Å². The SMILES string of the molecule is CC.Cc1cc(C)c(C(=O)Pc2ccccc2)c(C)c1. The predicted molar refractivity (Wildman–Crippen MR) is 90.7 cm³/mol. The molecule has 1 unspecified atom stereocenters. The molecule has 0 heterocycles. The molecule has 2 heteroatoms. The van der Waals surface area contributed by atoms with Crippen LogP contribution < -0.4 is 5.30 Å². The zero-order chi connectivity index (χ0) is 15.1. The highest BCUT2D eigenvalue weighted by atomic mass is 31.1. The van der Waals surface area contributed by atoms with Crippen molar-refractivity contribution >= 4 is 19.4 Å². The number of rotatable bonds is 3. The quantitative estimate of drug-likeness (QED) is 0.742. The van der Waals surface area contributed by atoms with Gasteiger partial charge in [0.15, 0.2) is 5.52 Å². The van der Waals surface area contributed by atoms with Gasteiger partial charge in [-0.05, 0) is 45.8 Å². The van der Waals surface area contributed by atoms with Crippen LogP contribution in [0.4, 0.5) is 0 Å². The van der Waals surface area contributed by atoms with E-state index in [9.17, 15) is 4.79 Å². The van der Waals surface area contributed by atoms with Crippen LogP contribution in [0.3, 0.4) is 0 Å². The lowest BCUT2D eigenvalue weighted by Crippen LogP contribution is -2.04. The van der Waals surface area contributed by atoms with Gasteiger partial charge in [-0.3, -0.25) is 4.79 Å². The third-order valence-corrected chi connectivity index (χ3v) is 4.03. The van der Waals surface area contributed by atoms with Crippen molar-refractivity contribution in [3.05, 3.63) is 64.7 Å². The Kier molecular flexibility index (Phi) is 6.61. The molecule has 0 aliphatic rings. The summed E-state index contributed by atoms with van der Waals surface area (Å²) in [5, 5.41) is 1.10. The van der Waals surface area contributed by atoms with Crippen LogP contribution in [0, 0.1) is 20.8 Å². The monoisotopic (exact) mass is 286 g/mol. The Balaban J connectivity index is 0.000000956. The van der Waals surface area contributed by atoms with E-state index in [4.69, 9.17) is 0 Å². The number of aryl methyl sites for hydroxylation is 3. The second kappa shape index (κ2) is 7.97. The van der Waals surface area contributed by atoms with E-state index in [2.05, 4.69) is 19.1 Å². The van der Waals surface area contributed by atoms with Gasteiger partial charge in [0, 0.05) is 5.56 Å². The third-order valence-electron chi connectivity index (χ3n) is 2.94. The lowest BCUT2D eigenvalue weighted by molar-refractivity contribution is 0.108. The highest BCUT2D eigenvalue weighted by Crippen LogP contribution is 2.25. The lowest BCUT2D eigenvalue weighted by Gasteiger charge is -2.10. The largest absolute Gasteiger partial charge is 0.289 e. The van der Waals surface area contributed by atoms with Gasteiger partial charge in [0.1, 0.15) is 0 Å². The molecule has 0 aliphatic carbocycles. The predicted octanol–water partition coefficient (Wildman–Crippen LogP) is 4.78. The van der Waals surface area contributed by atoms with Gasteiger partial charge >= 0.3 is 0 Å². The van der Waals surface area contributed by atoms with E-state index in [1.54, 1.807) is 0 Å². The van der Waals surface area contributed by atoms with Crippen molar-refractivity contribution in [1.82, 2.24) is 0 Å². The summed E-state index contributed by atoms with van der Waals surface area (Å²) in [5.74, 6) is 0. The minimum Gasteiger partial charge on any atom is -0.289 e. The first kappa shape index (κ1) is 16.6. The fourth-order valence-electron chi connectivity index (χ4n) is 2.25. The minimum absolute atomic E-state index is 0.206. The zero-order valence-electron chi connectivity index (χ0n) is 12.9. The smallest absolute Gasteiger partial charge is 0.186 e. The Bertz CT molecular complexity index is 550. The maximum atomic E-state index is 12.4. The summed E-state index contributed by atoms with van der Waals surface area (Å²) >= 11 is 0. The molecular weight excluding hydrogens is 263 g/mol. The van der Waals surface area contributed by atoms with Crippen molar-refractivity contribution < 1.29 is 4.79 Å². The van der Waals surface area contributed by atoms with Gasteiger partial charge < -0.3 is 0 Å². The van der Waals surface area contributed by atoms with Crippen LogP contribution in [-0.4, -0.2) is 5.52 Å². The van der Waals surface area contributed by atoms with E-state index < -0.39 is 0 Å². The summed E-state index contributed by atoms with van der Waals surface area (Å²) in [6.45, 7) is 10.1. The van der Waals surface area contributed by atoms with E-state index in [0.29, 0.717) is 0 Å². The van der Waals surface area contributed by atoms with Crippen LogP contribution in [0.25, 0.3) is 0 Å². The maximum Gasteiger partial charge on any atom is 0.186 e. The Morgan fingerprint density at radius 1 is 0.900 bits per heavy atom. The Morgan fingerprint density at radius 2 is 1.40 bits per heavy atom. The number of carbonyl (C=O) groups excluding carboxylic acids is 1. The van der Waals surface area contributed by atoms with Gasteiger partial charge in [-0.25, -0.2) is 0 Å². The summed E-state index contributed by atoms with van der Waals surface area (Å²) < 4.78 is 0. The topological polar surface area (TPSA) is 17.1 Å². The fraction of sp³-hybridized carbons (Fsp3) is 0.278. The van der Waals surface area contributed by atoms with E-state index in [1.165, 1.54) is 5.56 Å². The first-order chi connectivity index (χ1) is 9.58. The minimum atomic E-state index is 0.206. The van der Waals surface area contributed by atoms with Gasteiger partial charge in [0.05, 0.1) is 0 Å². The number of hydrogen-bond donors (Lipinski definition) is 0. The molecule has 0 amide bonds. The molecule has 0 aliphatic heterocycles. The molecule has 20 heavy (non-hydrogen) atoms. The van der Waals surface area contributed by atoms with Gasteiger partial charge in [0.2, 0.25) is 0 Å².